The topological polar surface area (TPSA) is 26.0 Å². The SMILES string of the molecule is [c]1coc(Cc2ccccc2)n1. The molecule has 2 rings (SSSR count). The van der Waals surface area contributed by atoms with Crippen LogP contribution in [0.4, 0.5) is 0 Å². The van der Waals surface area contributed by atoms with E-state index in [2.05, 4.69) is 11.2 Å². The molecule has 12 heavy (non-hydrogen) atoms. The molecular weight excluding hydrogens is 150 g/mol. The van der Waals surface area contributed by atoms with Crippen LogP contribution in [0.2, 0.25) is 0 Å². The summed E-state index contributed by atoms with van der Waals surface area (Å²) in [4.78, 5) is 3.92. The largest absolute Gasteiger partial charge is 0.448 e. The van der Waals surface area contributed by atoms with Gasteiger partial charge in [0.2, 0.25) is 0 Å². The zero-order chi connectivity index (χ0) is 8.23. The van der Waals surface area contributed by atoms with Gasteiger partial charge >= 0.3 is 0 Å². The van der Waals surface area contributed by atoms with Crippen molar-refractivity contribution in [3.05, 3.63) is 54.2 Å². The molecule has 1 heterocycles. The van der Waals surface area contributed by atoms with Gasteiger partial charge in [-0.25, -0.2) is 4.98 Å². The number of oxazole rings is 1. The Balaban J connectivity index is 2.15. The predicted molar refractivity (Wildman–Crippen MR) is 44.6 cm³/mol. The molecule has 2 nitrogen and oxygen atoms in total. The highest BCUT2D eigenvalue weighted by atomic mass is 16.3. The smallest absolute Gasteiger partial charge is 0.199 e. The fourth-order valence-corrected chi connectivity index (χ4v) is 1.07. The molecule has 0 amide bonds. The van der Waals surface area contributed by atoms with Crippen LogP contribution in [0.3, 0.4) is 0 Å². The van der Waals surface area contributed by atoms with Gasteiger partial charge in [-0.1, -0.05) is 30.3 Å². The summed E-state index contributed by atoms with van der Waals surface area (Å²) in [6.07, 6.45) is 4.84. The van der Waals surface area contributed by atoms with Crippen molar-refractivity contribution in [2.24, 2.45) is 0 Å². The van der Waals surface area contributed by atoms with E-state index in [4.69, 9.17) is 4.42 Å². The highest BCUT2D eigenvalue weighted by Crippen LogP contribution is 2.05. The minimum absolute atomic E-state index is 0.709. The first-order valence-electron chi connectivity index (χ1n) is 3.79. The molecule has 0 spiro atoms. The summed E-state index contributed by atoms with van der Waals surface area (Å²) in [5.41, 5.74) is 1.20. The molecule has 1 aromatic carbocycles. The minimum atomic E-state index is 0.709. The van der Waals surface area contributed by atoms with Gasteiger partial charge in [0, 0.05) is 6.42 Å². The maximum Gasteiger partial charge on any atom is 0.199 e. The second kappa shape index (κ2) is 3.22. The molecule has 0 fully saturated rings. The Kier molecular flexibility index (Phi) is 1.90. The maximum atomic E-state index is 5.07. The molecule has 0 saturated carbocycles. The van der Waals surface area contributed by atoms with Crippen molar-refractivity contribution in [1.29, 1.82) is 0 Å². The Morgan fingerprint density at radius 3 is 2.75 bits per heavy atom. The Labute approximate surface area is 70.9 Å². The summed E-state index contributed by atoms with van der Waals surface area (Å²) in [5.74, 6) is 0.709. The van der Waals surface area contributed by atoms with Crippen molar-refractivity contribution in [2.45, 2.75) is 6.42 Å². The lowest BCUT2D eigenvalue weighted by Gasteiger charge is -1.94. The average Bonchev–Trinajstić information content (AvgIpc) is 2.59. The fourth-order valence-electron chi connectivity index (χ4n) is 1.07. The van der Waals surface area contributed by atoms with Gasteiger partial charge in [0.05, 0.1) is 0 Å². The summed E-state index contributed by atoms with van der Waals surface area (Å²) in [6.45, 7) is 0. The summed E-state index contributed by atoms with van der Waals surface area (Å²) >= 11 is 0. The number of hydrogen-bond donors (Lipinski definition) is 0. The van der Waals surface area contributed by atoms with Crippen molar-refractivity contribution < 1.29 is 4.42 Å². The molecule has 0 saturated heterocycles. The van der Waals surface area contributed by atoms with Crippen LogP contribution < -0.4 is 0 Å². The lowest BCUT2D eigenvalue weighted by atomic mass is 10.2. The van der Waals surface area contributed by atoms with Gasteiger partial charge < -0.3 is 4.42 Å². The van der Waals surface area contributed by atoms with E-state index < -0.39 is 0 Å². The van der Waals surface area contributed by atoms with E-state index in [1.807, 2.05) is 30.3 Å². The molecule has 1 radical (unpaired) electrons. The number of aromatic nitrogens is 1. The van der Waals surface area contributed by atoms with E-state index in [-0.39, 0.29) is 0 Å². The van der Waals surface area contributed by atoms with E-state index in [9.17, 15) is 0 Å². The van der Waals surface area contributed by atoms with E-state index in [0.717, 1.165) is 6.42 Å². The molecule has 0 atom stereocenters. The third-order valence-corrected chi connectivity index (χ3v) is 1.64. The number of rotatable bonds is 2. The van der Waals surface area contributed by atoms with E-state index in [0.29, 0.717) is 5.89 Å². The minimum Gasteiger partial charge on any atom is -0.448 e. The highest BCUT2D eigenvalue weighted by molar-refractivity contribution is 5.17. The first-order chi connectivity index (χ1) is 5.95. The lowest BCUT2D eigenvalue weighted by molar-refractivity contribution is 0.507. The zero-order valence-corrected chi connectivity index (χ0v) is 6.53. The van der Waals surface area contributed by atoms with Gasteiger partial charge in [-0.05, 0) is 5.56 Å². The molecule has 0 bridgehead atoms. The number of benzene rings is 1. The third kappa shape index (κ3) is 1.53. The monoisotopic (exact) mass is 158 g/mol. The molecular formula is C10H8NO. The van der Waals surface area contributed by atoms with E-state index >= 15 is 0 Å². The van der Waals surface area contributed by atoms with Crippen LogP contribution in [0.15, 0.2) is 41.0 Å². The van der Waals surface area contributed by atoms with Crippen LogP contribution in [0.5, 0.6) is 0 Å². The molecule has 2 aromatic rings. The van der Waals surface area contributed by atoms with Crippen LogP contribution in [-0.2, 0) is 6.42 Å². The van der Waals surface area contributed by atoms with Crippen molar-refractivity contribution >= 4 is 0 Å². The summed E-state index contributed by atoms with van der Waals surface area (Å²) in [6, 6.07) is 10.1. The van der Waals surface area contributed by atoms with E-state index in [1.54, 1.807) is 0 Å². The molecule has 59 valence electrons. The normalized spacial score (nSPS) is 10.0. The summed E-state index contributed by atoms with van der Waals surface area (Å²) in [5, 5.41) is 0. The van der Waals surface area contributed by atoms with E-state index in [1.165, 1.54) is 11.8 Å². The maximum absolute atomic E-state index is 5.07. The Bertz CT molecular complexity index is 326. The number of hydrogen-bond acceptors (Lipinski definition) is 2. The summed E-state index contributed by atoms with van der Waals surface area (Å²) in [7, 11) is 0. The first-order valence-corrected chi connectivity index (χ1v) is 3.79. The van der Waals surface area contributed by atoms with Gasteiger partial charge in [0.15, 0.2) is 5.89 Å². The Morgan fingerprint density at radius 2 is 2.08 bits per heavy atom. The van der Waals surface area contributed by atoms with Crippen molar-refractivity contribution in [3.63, 3.8) is 0 Å². The van der Waals surface area contributed by atoms with Crippen molar-refractivity contribution in [3.8, 4) is 0 Å². The van der Waals surface area contributed by atoms with Crippen LogP contribution in [0, 0.1) is 6.20 Å². The van der Waals surface area contributed by atoms with Crippen LogP contribution >= 0.6 is 0 Å². The lowest BCUT2D eigenvalue weighted by Crippen LogP contribution is -1.86. The van der Waals surface area contributed by atoms with Crippen molar-refractivity contribution in [1.82, 2.24) is 4.98 Å². The third-order valence-electron chi connectivity index (χ3n) is 1.64. The fraction of sp³-hybridized carbons (Fsp3) is 0.100. The second-order valence-corrected chi connectivity index (χ2v) is 2.53. The molecule has 0 unspecified atom stereocenters. The Hall–Kier alpha value is -1.57. The van der Waals surface area contributed by atoms with Crippen LogP contribution in [0.25, 0.3) is 0 Å². The van der Waals surface area contributed by atoms with Crippen molar-refractivity contribution in [2.75, 3.05) is 0 Å². The standard InChI is InChI=1S/C10H8NO/c1-2-4-9(5-3-1)8-10-11-6-7-12-10/h1-5,7H,8H2. The quantitative estimate of drug-likeness (QED) is 0.668. The average molecular weight is 158 g/mol. The van der Waals surface area contributed by atoms with Crippen LogP contribution in [0.1, 0.15) is 11.5 Å². The molecule has 2 heteroatoms. The highest BCUT2D eigenvalue weighted by Gasteiger charge is 1.98. The van der Waals surface area contributed by atoms with Gasteiger partial charge in [0.1, 0.15) is 12.5 Å². The molecule has 0 aliphatic carbocycles. The Morgan fingerprint density at radius 1 is 1.25 bits per heavy atom. The molecule has 1 aromatic heterocycles. The molecule has 0 aliphatic heterocycles. The first kappa shape index (κ1) is 7.10. The number of nitrogens with zero attached hydrogens (tertiary/aromatic N) is 1. The zero-order valence-electron chi connectivity index (χ0n) is 6.53. The molecule has 0 aliphatic rings. The second-order valence-electron chi connectivity index (χ2n) is 2.53. The summed E-state index contributed by atoms with van der Waals surface area (Å²) < 4.78 is 5.07. The van der Waals surface area contributed by atoms with Gasteiger partial charge in [-0.2, -0.15) is 0 Å². The predicted octanol–water partition coefficient (Wildman–Crippen LogP) is 2.07. The van der Waals surface area contributed by atoms with Gasteiger partial charge in [-0.15, -0.1) is 0 Å². The van der Waals surface area contributed by atoms with Crippen LogP contribution in [-0.4, -0.2) is 4.98 Å². The molecule has 0 N–H and O–H groups in total. The van der Waals surface area contributed by atoms with Gasteiger partial charge in [-0.3, -0.25) is 0 Å². The van der Waals surface area contributed by atoms with Gasteiger partial charge in [0.25, 0.3) is 0 Å².